The lowest BCUT2D eigenvalue weighted by Crippen LogP contribution is -2.47. The van der Waals surface area contributed by atoms with Crippen molar-refractivity contribution in [2.45, 2.75) is 36.7 Å². The van der Waals surface area contributed by atoms with E-state index in [4.69, 9.17) is 9.15 Å². The van der Waals surface area contributed by atoms with Gasteiger partial charge >= 0.3 is 0 Å². The van der Waals surface area contributed by atoms with E-state index in [1.54, 1.807) is 25.5 Å². The lowest BCUT2D eigenvalue weighted by atomic mass is 10.0. The van der Waals surface area contributed by atoms with Crippen molar-refractivity contribution in [1.29, 1.82) is 0 Å². The number of ether oxygens (including phenoxy) is 1. The number of hydrogen-bond acceptors (Lipinski definition) is 6. The summed E-state index contributed by atoms with van der Waals surface area (Å²) in [6, 6.07) is 18.1. The van der Waals surface area contributed by atoms with E-state index < -0.39 is 9.84 Å². The second kappa shape index (κ2) is 11.1. The van der Waals surface area contributed by atoms with Crippen molar-refractivity contribution < 1.29 is 22.4 Å². The average Bonchev–Trinajstić information content (AvgIpc) is 3.39. The first-order chi connectivity index (χ1) is 16.8. The first-order valence-electron chi connectivity index (χ1n) is 11.8. The molecule has 0 radical (unpaired) electrons. The van der Waals surface area contributed by atoms with Gasteiger partial charge in [0, 0.05) is 37.5 Å². The fourth-order valence-corrected chi connectivity index (χ4v) is 5.11. The minimum atomic E-state index is -3.31. The fraction of sp³-hybridized carbons (Fsp3) is 0.370. The van der Waals surface area contributed by atoms with Crippen LogP contribution in [0.3, 0.4) is 0 Å². The van der Waals surface area contributed by atoms with Crippen molar-refractivity contribution in [3.05, 3.63) is 83.8 Å². The number of piperidine rings is 1. The van der Waals surface area contributed by atoms with Crippen molar-refractivity contribution in [3.63, 3.8) is 0 Å². The van der Waals surface area contributed by atoms with E-state index in [0.29, 0.717) is 12.1 Å². The summed E-state index contributed by atoms with van der Waals surface area (Å²) in [6.45, 7) is 3.18. The molecule has 7 nitrogen and oxygen atoms in total. The van der Waals surface area contributed by atoms with Crippen LogP contribution >= 0.6 is 0 Å². The van der Waals surface area contributed by atoms with Crippen LogP contribution < -0.4 is 4.74 Å². The van der Waals surface area contributed by atoms with E-state index in [2.05, 4.69) is 17.0 Å². The lowest BCUT2D eigenvalue weighted by molar-refractivity contribution is 0.0531. The predicted molar refractivity (Wildman–Crippen MR) is 134 cm³/mol. The number of amides is 1. The third-order valence-corrected chi connectivity index (χ3v) is 7.70. The molecule has 0 unspecified atom stereocenters. The Bertz CT molecular complexity index is 1200. The standard InChI is InChI=1S/C27H32N2O5S/c1-33-24-9-5-21(6-10-24)13-16-28-17-14-23(15-18-28)29(20-25-4-3-19-34-25)27(30)22-7-11-26(12-8-22)35(2,31)32/h3-12,19,23H,13-18,20H2,1-2H3. The largest absolute Gasteiger partial charge is 0.497 e. The third kappa shape index (κ3) is 6.52. The molecule has 0 N–H and O–H groups in total. The van der Waals surface area contributed by atoms with Gasteiger partial charge in [-0.05, 0) is 73.4 Å². The number of furan rings is 1. The van der Waals surface area contributed by atoms with Crippen LogP contribution in [0, 0.1) is 0 Å². The molecular weight excluding hydrogens is 464 g/mol. The Morgan fingerprint density at radius 3 is 2.31 bits per heavy atom. The molecule has 2 heterocycles. The molecule has 1 saturated heterocycles. The summed E-state index contributed by atoms with van der Waals surface area (Å²) in [5, 5.41) is 0. The molecule has 0 aliphatic carbocycles. The maximum absolute atomic E-state index is 13.5. The quantitative estimate of drug-likeness (QED) is 0.445. The fourth-order valence-electron chi connectivity index (χ4n) is 4.48. The number of carbonyl (C=O) groups is 1. The Balaban J connectivity index is 1.40. The van der Waals surface area contributed by atoms with E-state index in [0.717, 1.165) is 56.7 Å². The second-order valence-corrected chi connectivity index (χ2v) is 11.0. The van der Waals surface area contributed by atoms with Gasteiger partial charge in [0.1, 0.15) is 11.5 Å². The Hall–Kier alpha value is -3.10. The number of rotatable bonds is 9. The number of methoxy groups -OCH3 is 1. The number of sulfone groups is 1. The van der Waals surface area contributed by atoms with E-state index in [1.807, 2.05) is 29.2 Å². The van der Waals surface area contributed by atoms with Crippen LogP contribution in [0.5, 0.6) is 5.75 Å². The Morgan fingerprint density at radius 2 is 1.74 bits per heavy atom. The van der Waals surface area contributed by atoms with Crippen molar-refractivity contribution in [1.82, 2.24) is 9.80 Å². The van der Waals surface area contributed by atoms with E-state index in [-0.39, 0.29) is 16.8 Å². The van der Waals surface area contributed by atoms with Crippen molar-refractivity contribution >= 4 is 15.7 Å². The normalized spacial score (nSPS) is 15.1. The summed E-state index contributed by atoms with van der Waals surface area (Å²) < 4.78 is 34.4. The maximum atomic E-state index is 13.5. The van der Waals surface area contributed by atoms with Crippen LogP contribution in [0.4, 0.5) is 0 Å². The van der Waals surface area contributed by atoms with Gasteiger partial charge in [-0.3, -0.25) is 4.79 Å². The molecule has 1 amide bonds. The van der Waals surface area contributed by atoms with Gasteiger partial charge in [0.05, 0.1) is 24.8 Å². The van der Waals surface area contributed by atoms with Gasteiger partial charge in [-0.2, -0.15) is 0 Å². The van der Waals surface area contributed by atoms with Crippen LogP contribution in [-0.2, 0) is 22.8 Å². The molecule has 3 aromatic rings. The van der Waals surface area contributed by atoms with E-state index in [9.17, 15) is 13.2 Å². The summed E-state index contributed by atoms with van der Waals surface area (Å²) in [5.41, 5.74) is 1.76. The minimum Gasteiger partial charge on any atom is -0.497 e. The predicted octanol–water partition coefficient (Wildman–Crippen LogP) is 4.04. The molecule has 1 aliphatic heterocycles. The van der Waals surface area contributed by atoms with Gasteiger partial charge in [-0.1, -0.05) is 12.1 Å². The zero-order chi connectivity index (χ0) is 24.8. The van der Waals surface area contributed by atoms with E-state index >= 15 is 0 Å². The highest BCUT2D eigenvalue weighted by molar-refractivity contribution is 7.90. The zero-order valence-electron chi connectivity index (χ0n) is 20.2. The smallest absolute Gasteiger partial charge is 0.254 e. The molecule has 1 aliphatic rings. The monoisotopic (exact) mass is 496 g/mol. The number of benzene rings is 2. The van der Waals surface area contributed by atoms with Crippen molar-refractivity contribution in [3.8, 4) is 5.75 Å². The molecular formula is C27H32N2O5S. The Morgan fingerprint density at radius 1 is 1.06 bits per heavy atom. The SMILES string of the molecule is COc1ccc(CCN2CCC(N(Cc3ccco3)C(=O)c3ccc(S(C)(=O)=O)cc3)CC2)cc1. The molecule has 1 fully saturated rings. The summed E-state index contributed by atoms with van der Waals surface area (Å²) in [4.78, 5) is 18.0. The van der Waals surface area contributed by atoms with Crippen LogP contribution in [0.2, 0.25) is 0 Å². The summed E-state index contributed by atoms with van der Waals surface area (Å²) >= 11 is 0. The number of hydrogen-bond donors (Lipinski definition) is 0. The maximum Gasteiger partial charge on any atom is 0.254 e. The molecule has 4 rings (SSSR count). The molecule has 0 bridgehead atoms. The molecule has 1 aromatic heterocycles. The number of nitrogens with zero attached hydrogens (tertiary/aromatic N) is 2. The molecule has 35 heavy (non-hydrogen) atoms. The first kappa shape index (κ1) is 25.0. The average molecular weight is 497 g/mol. The summed E-state index contributed by atoms with van der Waals surface area (Å²) in [7, 11) is -1.64. The van der Waals surface area contributed by atoms with Gasteiger partial charge in [-0.15, -0.1) is 0 Å². The molecule has 0 atom stereocenters. The molecule has 0 spiro atoms. The molecule has 8 heteroatoms. The summed E-state index contributed by atoms with van der Waals surface area (Å²) in [6.07, 6.45) is 5.49. The van der Waals surface area contributed by atoms with Gasteiger partial charge in [0.2, 0.25) is 0 Å². The van der Waals surface area contributed by atoms with Gasteiger partial charge in [0.15, 0.2) is 9.84 Å². The highest BCUT2D eigenvalue weighted by Gasteiger charge is 2.29. The minimum absolute atomic E-state index is 0.0828. The highest BCUT2D eigenvalue weighted by Crippen LogP contribution is 2.23. The van der Waals surface area contributed by atoms with Crippen molar-refractivity contribution in [2.75, 3.05) is 33.0 Å². The molecule has 0 saturated carbocycles. The van der Waals surface area contributed by atoms with Crippen LogP contribution in [0.15, 0.2) is 76.2 Å². The highest BCUT2D eigenvalue weighted by atomic mass is 32.2. The molecule has 186 valence electrons. The lowest BCUT2D eigenvalue weighted by Gasteiger charge is -2.38. The number of likely N-dealkylation sites (tertiary alicyclic amines) is 1. The van der Waals surface area contributed by atoms with Crippen molar-refractivity contribution in [2.24, 2.45) is 0 Å². The summed E-state index contributed by atoms with van der Waals surface area (Å²) in [5.74, 6) is 1.48. The van der Waals surface area contributed by atoms with Crippen LogP contribution in [0.25, 0.3) is 0 Å². The second-order valence-electron chi connectivity index (χ2n) is 8.98. The first-order valence-corrected chi connectivity index (χ1v) is 13.7. The topological polar surface area (TPSA) is 80.1 Å². The van der Waals surface area contributed by atoms with Gasteiger partial charge in [-0.25, -0.2) is 8.42 Å². The third-order valence-electron chi connectivity index (χ3n) is 6.57. The van der Waals surface area contributed by atoms with E-state index in [1.165, 1.54) is 17.7 Å². The zero-order valence-corrected chi connectivity index (χ0v) is 21.0. The van der Waals surface area contributed by atoms with Gasteiger partial charge in [0.25, 0.3) is 5.91 Å². The molecule has 2 aromatic carbocycles. The Kier molecular flexibility index (Phi) is 7.93. The number of carbonyl (C=O) groups excluding carboxylic acids is 1. The Labute approximate surface area is 207 Å². The van der Waals surface area contributed by atoms with Crippen LogP contribution in [-0.4, -0.2) is 63.2 Å². The van der Waals surface area contributed by atoms with Crippen LogP contribution in [0.1, 0.15) is 34.5 Å². The van der Waals surface area contributed by atoms with Gasteiger partial charge < -0.3 is 19.0 Å².